The Bertz CT molecular complexity index is 1110. The summed E-state index contributed by atoms with van der Waals surface area (Å²) in [7, 11) is 0. The molecule has 0 N–H and O–H groups in total. The second-order valence-corrected chi connectivity index (χ2v) is 7.43. The van der Waals surface area contributed by atoms with Crippen molar-refractivity contribution in [1.82, 2.24) is 4.98 Å². The van der Waals surface area contributed by atoms with Crippen LogP contribution in [0.5, 0.6) is 5.75 Å². The first-order chi connectivity index (χ1) is 14.2. The summed E-state index contributed by atoms with van der Waals surface area (Å²) in [6.07, 6.45) is 0. The van der Waals surface area contributed by atoms with Crippen molar-refractivity contribution in [3.05, 3.63) is 89.7 Å². The number of rotatable bonds is 6. The summed E-state index contributed by atoms with van der Waals surface area (Å²) in [5.74, 6) is 0.0291. The van der Waals surface area contributed by atoms with Gasteiger partial charge >= 0.3 is 0 Å². The summed E-state index contributed by atoms with van der Waals surface area (Å²) in [6.45, 7) is 2.66. The van der Waals surface area contributed by atoms with Gasteiger partial charge in [0.15, 0.2) is 5.13 Å². The number of para-hydroxylation sites is 2. The van der Waals surface area contributed by atoms with E-state index in [1.807, 2.05) is 43.3 Å². The van der Waals surface area contributed by atoms with Crippen LogP contribution in [-0.2, 0) is 6.61 Å². The lowest BCUT2D eigenvalue weighted by atomic mass is 10.1. The average molecular weight is 406 g/mol. The fourth-order valence-corrected chi connectivity index (χ4v) is 4.03. The van der Waals surface area contributed by atoms with Gasteiger partial charge in [0.05, 0.1) is 15.8 Å². The van der Waals surface area contributed by atoms with Crippen molar-refractivity contribution in [2.45, 2.75) is 13.5 Å². The molecule has 4 rings (SSSR count). The Hall–Kier alpha value is -3.25. The first-order valence-corrected chi connectivity index (χ1v) is 10.1. The van der Waals surface area contributed by atoms with Crippen LogP contribution in [0.15, 0.2) is 72.8 Å². The van der Waals surface area contributed by atoms with Crippen LogP contribution < -0.4 is 9.64 Å². The van der Waals surface area contributed by atoms with Crippen LogP contribution >= 0.6 is 11.3 Å². The van der Waals surface area contributed by atoms with Gasteiger partial charge < -0.3 is 4.74 Å². The maximum atomic E-state index is 13.3. The molecular weight excluding hydrogens is 387 g/mol. The van der Waals surface area contributed by atoms with Crippen LogP contribution in [-0.4, -0.2) is 17.4 Å². The summed E-state index contributed by atoms with van der Waals surface area (Å²) in [5.41, 5.74) is 2.17. The molecule has 0 aliphatic carbocycles. The average Bonchev–Trinajstić information content (AvgIpc) is 3.17. The van der Waals surface area contributed by atoms with Crippen LogP contribution in [0.2, 0.25) is 0 Å². The maximum Gasteiger partial charge on any atom is 0.263 e. The standard InChI is InChI=1S/C23H19FN2O2S/c1-2-26(23-25-19-8-4-6-10-21(19)29-23)22(27)18-7-3-5-9-20(18)28-15-16-11-13-17(24)14-12-16/h3-14H,2,15H2,1H3. The van der Waals surface area contributed by atoms with Crippen LogP contribution in [0.25, 0.3) is 10.2 Å². The van der Waals surface area contributed by atoms with Crippen molar-refractivity contribution in [2.75, 3.05) is 11.4 Å². The molecule has 0 atom stereocenters. The molecule has 4 aromatic rings. The number of halogens is 1. The van der Waals surface area contributed by atoms with E-state index < -0.39 is 0 Å². The van der Waals surface area contributed by atoms with Crippen LogP contribution in [0.1, 0.15) is 22.8 Å². The molecule has 1 heterocycles. The van der Waals surface area contributed by atoms with E-state index in [4.69, 9.17) is 4.74 Å². The molecular formula is C23H19FN2O2S. The second kappa shape index (κ2) is 8.41. The topological polar surface area (TPSA) is 42.4 Å². The van der Waals surface area contributed by atoms with Crippen molar-refractivity contribution >= 4 is 32.6 Å². The van der Waals surface area contributed by atoms with E-state index in [9.17, 15) is 9.18 Å². The van der Waals surface area contributed by atoms with Gasteiger partial charge in [0.25, 0.3) is 5.91 Å². The Labute approximate surface area is 172 Å². The molecule has 1 amide bonds. The lowest BCUT2D eigenvalue weighted by Gasteiger charge is -2.19. The predicted octanol–water partition coefficient (Wildman–Crippen LogP) is 5.68. The van der Waals surface area contributed by atoms with Crippen molar-refractivity contribution in [3.63, 3.8) is 0 Å². The Morgan fingerprint density at radius 2 is 1.76 bits per heavy atom. The zero-order chi connectivity index (χ0) is 20.2. The highest BCUT2D eigenvalue weighted by Gasteiger charge is 2.22. The van der Waals surface area contributed by atoms with E-state index in [0.29, 0.717) is 23.0 Å². The number of benzene rings is 3. The van der Waals surface area contributed by atoms with Gasteiger partial charge in [0.1, 0.15) is 18.2 Å². The zero-order valence-electron chi connectivity index (χ0n) is 15.8. The molecule has 0 spiro atoms. The zero-order valence-corrected chi connectivity index (χ0v) is 16.7. The second-order valence-electron chi connectivity index (χ2n) is 6.42. The molecule has 0 saturated heterocycles. The predicted molar refractivity (Wildman–Crippen MR) is 114 cm³/mol. The smallest absolute Gasteiger partial charge is 0.263 e. The Morgan fingerprint density at radius 1 is 1.03 bits per heavy atom. The molecule has 0 unspecified atom stereocenters. The van der Waals surface area contributed by atoms with Gasteiger partial charge in [-0.2, -0.15) is 0 Å². The van der Waals surface area contributed by atoms with Gasteiger partial charge in [-0.1, -0.05) is 47.7 Å². The summed E-state index contributed by atoms with van der Waals surface area (Å²) >= 11 is 1.49. The Kier molecular flexibility index (Phi) is 5.53. The van der Waals surface area contributed by atoms with E-state index in [1.54, 1.807) is 29.2 Å². The van der Waals surface area contributed by atoms with Gasteiger partial charge in [0, 0.05) is 6.54 Å². The number of aromatic nitrogens is 1. The quantitative estimate of drug-likeness (QED) is 0.414. The van der Waals surface area contributed by atoms with Crippen LogP contribution in [0.3, 0.4) is 0 Å². The van der Waals surface area contributed by atoms with Gasteiger partial charge in [0.2, 0.25) is 0 Å². The number of carbonyl (C=O) groups is 1. The highest BCUT2D eigenvalue weighted by atomic mass is 32.1. The molecule has 0 aliphatic rings. The van der Waals surface area contributed by atoms with E-state index >= 15 is 0 Å². The minimum Gasteiger partial charge on any atom is -0.488 e. The molecule has 0 aliphatic heterocycles. The third kappa shape index (κ3) is 4.12. The largest absolute Gasteiger partial charge is 0.488 e. The number of ether oxygens (including phenoxy) is 1. The molecule has 6 heteroatoms. The number of fused-ring (bicyclic) bond motifs is 1. The van der Waals surface area contributed by atoms with Crippen LogP contribution in [0, 0.1) is 5.82 Å². The monoisotopic (exact) mass is 406 g/mol. The van der Waals surface area contributed by atoms with Crippen molar-refractivity contribution in [2.24, 2.45) is 0 Å². The lowest BCUT2D eigenvalue weighted by Crippen LogP contribution is -2.30. The van der Waals surface area contributed by atoms with Crippen LogP contribution in [0.4, 0.5) is 9.52 Å². The molecule has 0 saturated carbocycles. The first-order valence-electron chi connectivity index (χ1n) is 9.29. The number of amides is 1. The maximum absolute atomic E-state index is 13.3. The highest BCUT2D eigenvalue weighted by Crippen LogP contribution is 2.31. The Morgan fingerprint density at radius 3 is 2.52 bits per heavy atom. The number of hydrogen-bond acceptors (Lipinski definition) is 4. The first kappa shape index (κ1) is 19.1. The molecule has 4 nitrogen and oxygen atoms in total. The fourth-order valence-electron chi connectivity index (χ4n) is 3.00. The summed E-state index contributed by atoms with van der Waals surface area (Å²) in [6, 6.07) is 21.1. The van der Waals surface area contributed by atoms with Crippen molar-refractivity contribution in [1.29, 1.82) is 0 Å². The van der Waals surface area contributed by atoms with Gasteiger partial charge in [-0.05, 0) is 48.9 Å². The van der Waals surface area contributed by atoms with Gasteiger partial charge in [-0.15, -0.1) is 0 Å². The number of carbonyl (C=O) groups excluding carboxylic acids is 1. The fraction of sp³-hybridized carbons (Fsp3) is 0.130. The van der Waals surface area contributed by atoms with Gasteiger partial charge in [-0.25, -0.2) is 9.37 Å². The number of thiazole rings is 1. The summed E-state index contributed by atoms with van der Waals surface area (Å²) in [4.78, 5) is 19.6. The molecule has 1 aromatic heterocycles. The number of anilines is 1. The lowest BCUT2D eigenvalue weighted by molar-refractivity contribution is 0.0984. The van der Waals surface area contributed by atoms with E-state index in [-0.39, 0.29) is 18.3 Å². The van der Waals surface area contributed by atoms with E-state index in [1.165, 1.54) is 23.5 Å². The van der Waals surface area contributed by atoms with E-state index in [0.717, 1.165) is 15.8 Å². The number of hydrogen-bond donors (Lipinski definition) is 0. The molecule has 29 heavy (non-hydrogen) atoms. The molecule has 0 bridgehead atoms. The molecule has 146 valence electrons. The third-order valence-corrected chi connectivity index (χ3v) is 5.56. The molecule has 0 fully saturated rings. The molecule has 0 radical (unpaired) electrons. The third-order valence-electron chi connectivity index (χ3n) is 4.50. The van der Waals surface area contributed by atoms with Crippen molar-refractivity contribution < 1.29 is 13.9 Å². The van der Waals surface area contributed by atoms with E-state index in [2.05, 4.69) is 4.98 Å². The summed E-state index contributed by atoms with van der Waals surface area (Å²) in [5, 5.41) is 0.659. The minimum absolute atomic E-state index is 0.165. The summed E-state index contributed by atoms with van der Waals surface area (Å²) < 4.78 is 20.0. The highest BCUT2D eigenvalue weighted by molar-refractivity contribution is 7.22. The molecule has 3 aromatic carbocycles. The Balaban J connectivity index is 1.59. The minimum atomic E-state index is -0.293. The van der Waals surface area contributed by atoms with Gasteiger partial charge in [-0.3, -0.25) is 9.69 Å². The normalized spacial score (nSPS) is 10.8. The number of nitrogens with zero attached hydrogens (tertiary/aromatic N) is 2. The SMILES string of the molecule is CCN(C(=O)c1ccccc1OCc1ccc(F)cc1)c1nc2ccccc2s1. The van der Waals surface area contributed by atoms with Crippen molar-refractivity contribution in [3.8, 4) is 5.75 Å².